The highest BCUT2D eigenvalue weighted by molar-refractivity contribution is 9.10. The fraction of sp³-hybridized carbons (Fsp3) is 0.250. The van der Waals surface area contributed by atoms with Crippen LogP contribution >= 0.6 is 28.1 Å². The van der Waals surface area contributed by atoms with Gasteiger partial charge in [0.15, 0.2) is 4.77 Å². The molecule has 0 unspecified atom stereocenters. The molecule has 2 nitrogen and oxygen atoms in total. The maximum absolute atomic E-state index is 5.32. The van der Waals surface area contributed by atoms with E-state index in [0.29, 0.717) is 0 Å². The molecule has 2 aromatic rings. The SMILES string of the molecule is CCc1c[nH]c(=S)n1-c1cc(Br)ccc1C. The second-order valence-electron chi connectivity index (χ2n) is 3.70. The lowest BCUT2D eigenvalue weighted by Crippen LogP contribution is -2.01. The number of nitrogens with one attached hydrogen (secondary N) is 1. The van der Waals surface area contributed by atoms with Crippen molar-refractivity contribution in [3.05, 3.63) is 44.9 Å². The van der Waals surface area contributed by atoms with E-state index in [0.717, 1.165) is 21.4 Å². The van der Waals surface area contributed by atoms with E-state index in [1.54, 1.807) is 0 Å². The molecule has 0 saturated heterocycles. The Labute approximate surface area is 108 Å². The van der Waals surface area contributed by atoms with Gasteiger partial charge in [-0.05, 0) is 43.3 Å². The van der Waals surface area contributed by atoms with Crippen LogP contribution in [0.25, 0.3) is 5.69 Å². The van der Waals surface area contributed by atoms with E-state index in [2.05, 4.69) is 51.5 Å². The molecular weight excluding hydrogens is 284 g/mol. The van der Waals surface area contributed by atoms with E-state index in [9.17, 15) is 0 Å². The molecule has 16 heavy (non-hydrogen) atoms. The lowest BCUT2D eigenvalue weighted by atomic mass is 10.2. The summed E-state index contributed by atoms with van der Waals surface area (Å²) in [5.41, 5.74) is 3.55. The first-order valence-electron chi connectivity index (χ1n) is 5.19. The lowest BCUT2D eigenvalue weighted by Gasteiger charge is -2.10. The molecule has 0 spiro atoms. The van der Waals surface area contributed by atoms with Gasteiger partial charge in [0.25, 0.3) is 0 Å². The van der Waals surface area contributed by atoms with Gasteiger partial charge in [-0.15, -0.1) is 0 Å². The highest BCUT2D eigenvalue weighted by Crippen LogP contribution is 2.22. The highest BCUT2D eigenvalue weighted by atomic mass is 79.9. The molecule has 0 aliphatic heterocycles. The van der Waals surface area contributed by atoms with Crippen LogP contribution in [-0.2, 0) is 6.42 Å². The zero-order valence-electron chi connectivity index (χ0n) is 9.25. The van der Waals surface area contributed by atoms with Gasteiger partial charge in [-0.2, -0.15) is 0 Å². The summed E-state index contributed by atoms with van der Waals surface area (Å²) in [6.07, 6.45) is 2.93. The third-order valence-electron chi connectivity index (χ3n) is 2.63. The second kappa shape index (κ2) is 4.55. The smallest absolute Gasteiger partial charge is 0.182 e. The Kier molecular flexibility index (Phi) is 3.30. The minimum absolute atomic E-state index is 0.748. The number of rotatable bonds is 2. The van der Waals surface area contributed by atoms with E-state index in [4.69, 9.17) is 12.2 Å². The number of benzene rings is 1. The normalized spacial score (nSPS) is 10.7. The molecule has 1 aromatic heterocycles. The molecule has 0 aliphatic carbocycles. The van der Waals surface area contributed by atoms with Crippen LogP contribution in [0.1, 0.15) is 18.2 Å². The minimum atomic E-state index is 0.748. The van der Waals surface area contributed by atoms with Gasteiger partial charge in [0, 0.05) is 16.4 Å². The van der Waals surface area contributed by atoms with Crippen molar-refractivity contribution in [2.75, 3.05) is 0 Å². The minimum Gasteiger partial charge on any atom is -0.337 e. The van der Waals surface area contributed by atoms with Crippen LogP contribution in [0.3, 0.4) is 0 Å². The average Bonchev–Trinajstić information content (AvgIpc) is 2.63. The monoisotopic (exact) mass is 296 g/mol. The number of hydrogen-bond acceptors (Lipinski definition) is 1. The number of H-pyrrole nitrogens is 1. The quantitative estimate of drug-likeness (QED) is 0.825. The Bertz CT molecular complexity index is 569. The third-order valence-corrected chi connectivity index (χ3v) is 3.42. The summed E-state index contributed by atoms with van der Waals surface area (Å²) in [4.78, 5) is 3.10. The predicted octanol–water partition coefficient (Wildman–Crippen LogP) is 4.17. The van der Waals surface area contributed by atoms with E-state index >= 15 is 0 Å². The zero-order chi connectivity index (χ0) is 11.7. The van der Waals surface area contributed by atoms with Crippen molar-refractivity contribution in [1.82, 2.24) is 9.55 Å². The molecule has 0 aliphatic rings. The first kappa shape index (κ1) is 11.6. The molecule has 2 rings (SSSR count). The number of aromatic nitrogens is 2. The molecule has 84 valence electrons. The van der Waals surface area contributed by atoms with Crippen molar-refractivity contribution < 1.29 is 0 Å². The zero-order valence-corrected chi connectivity index (χ0v) is 11.7. The molecule has 0 fully saturated rings. The van der Waals surface area contributed by atoms with Crippen LogP contribution < -0.4 is 0 Å². The van der Waals surface area contributed by atoms with E-state index in [1.165, 1.54) is 11.3 Å². The van der Waals surface area contributed by atoms with Crippen LogP contribution in [0, 0.1) is 11.7 Å². The summed E-state index contributed by atoms with van der Waals surface area (Å²) in [5.74, 6) is 0. The number of aryl methyl sites for hydroxylation is 2. The molecular formula is C12H13BrN2S. The van der Waals surface area contributed by atoms with Crippen molar-refractivity contribution in [3.8, 4) is 5.69 Å². The van der Waals surface area contributed by atoms with Crippen molar-refractivity contribution in [2.45, 2.75) is 20.3 Å². The second-order valence-corrected chi connectivity index (χ2v) is 5.01. The molecule has 0 saturated carbocycles. The molecule has 4 heteroatoms. The summed E-state index contributed by atoms with van der Waals surface area (Å²) in [6, 6.07) is 6.23. The predicted molar refractivity (Wildman–Crippen MR) is 72.8 cm³/mol. The molecule has 0 bridgehead atoms. The topological polar surface area (TPSA) is 20.7 Å². The van der Waals surface area contributed by atoms with Crippen LogP contribution in [0.15, 0.2) is 28.9 Å². The van der Waals surface area contributed by atoms with Crippen molar-refractivity contribution in [1.29, 1.82) is 0 Å². The molecule has 0 atom stereocenters. The first-order valence-corrected chi connectivity index (χ1v) is 6.39. The highest BCUT2D eigenvalue weighted by Gasteiger charge is 2.07. The summed E-state index contributed by atoms with van der Waals surface area (Å²) < 4.78 is 3.91. The number of halogens is 1. The Morgan fingerprint density at radius 2 is 2.19 bits per heavy atom. The fourth-order valence-corrected chi connectivity index (χ4v) is 2.38. The van der Waals surface area contributed by atoms with Crippen LogP contribution in [-0.4, -0.2) is 9.55 Å². The molecule has 0 radical (unpaired) electrons. The lowest BCUT2D eigenvalue weighted by molar-refractivity contribution is 0.914. The van der Waals surface area contributed by atoms with Crippen LogP contribution in [0.5, 0.6) is 0 Å². The summed E-state index contributed by atoms with van der Waals surface area (Å²) in [5, 5.41) is 0. The molecule has 1 heterocycles. The first-order chi connectivity index (χ1) is 7.63. The molecule has 0 amide bonds. The summed E-state index contributed by atoms with van der Waals surface area (Å²) in [6.45, 7) is 4.22. The van der Waals surface area contributed by atoms with Crippen molar-refractivity contribution in [3.63, 3.8) is 0 Å². The van der Waals surface area contributed by atoms with Gasteiger partial charge in [-0.25, -0.2) is 0 Å². The van der Waals surface area contributed by atoms with Crippen molar-refractivity contribution >= 4 is 28.1 Å². The van der Waals surface area contributed by atoms with E-state index < -0.39 is 0 Å². The number of imidazole rings is 1. The molecule has 1 N–H and O–H groups in total. The average molecular weight is 297 g/mol. The number of aromatic amines is 1. The van der Waals surface area contributed by atoms with Gasteiger partial charge in [-0.3, -0.25) is 4.57 Å². The standard InChI is InChI=1S/C12H13BrN2S/c1-3-10-7-14-12(16)15(10)11-6-9(13)5-4-8(11)2/h4-7H,3H2,1-2H3,(H,14,16). The van der Waals surface area contributed by atoms with E-state index in [1.807, 2.05) is 12.3 Å². The Morgan fingerprint density at radius 3 is 2.88 bits per heavy atom. The Morgan fingerprint density at radius 1 is 1.44 bits per heavy atom. The maximum Gasteiger partial charge on any atom is 0.182 e. The van der Waals surface area contributed by atoms with Crippen LogP contribution in [0.2, 0.25) is 0 Å². The largest absolute Gasteiger partial charge is 0.337 e. The van der Waals surface area contributed by atoms with Gasteiger partial charge in [0.1, 0.15) is 0 Å². The third kappa shape index (κ3) is 1.99. The maximum atomic E-state index is 5.32. The van der Waals surface area contributed by atoms with Gasteiger partial charge in [0.2, 0.25) is 0 Å². The molecule has 1 aromatic carbocycles. The summed E-state index contributed by atoms with van der Waals surface area (Å²) >= 11 is 8.81. The number of hydrogen-bond donors (Lipinski definition) is 1. The van der Waals surface area contributed by atoms with Gasteiger partial charge in [-0.1, -0.05) is 28.9 Å². The van der Waals surface area contributed by atoms with Crippen LogP contribution in [0.4, 0.5) is 0 Å². The van der Waals surface area contributed by atoms with Gasteiger partial charge >= 0.3 is 0 Å². The summed E-state index contributed by atoms with van der Waals surface area (Å²) in [7, 11) is 0. The Balaban J connectivity index is 2.71. The van der Waals surface area contributed by atoms with Gasteiger partial charge in [0.05, 0.1) is 5.69 Å². The van der Waals surface area contributed by atoms with E-state index in [-0.39, 0.29) is 0 Å². The van der Waals surface area contributed by atoms with Gasteiger partial charge < -0.3 is 4.98 Å². The Hall–Kier alpha value is -0.870. The van der Waals surface area contributed by atoms with Crippen molar-refractivity contribution in [2.24, 2.45) is 0 Å². The fourth-order valence-electron chi connectivity index (χ4n) is 1.75. The number of nitrogens with zero attached hydrogens (tertiary/aromatic N) is 1.